The van der Waals surface area contributed by atoms with Crippen LogP contribution in [-0.4, -0.2) is 15.2 Å². The lowest BCUT2D eigenvalue weighted by molar-refractivity contribution is 0.301. The molecule has 0 spiro atoms. The van der Waals surface area contributed by atoms with E-state index in [0.29, 0.717) is 12.5 Å². The van der Waals surface area contributed by atoms with Gasteiger partial charge in [0.1, 0.15) is 12.4 Å². The maximum atomic E-state index is 6.05. The molecule has 0 amide bonds. The van der Waals surface area contributed by atoms with E-state index < -0.39 is 0 Å². The average Bonchev–Trinajstić information content (AvgIpc) is 3.20. The Morgan fingerprint density at radius 2 is 1.89 bits per heavy atom. The number of fused-ring (bicyclic) bond motifs is 1. The first-order valence-corrected chi connectivity index (χ1v) is 9.29. The van der Waals surface area contributed by atoms with Gasteiger partial charge in [0.2, 0.25) is 0 Å². The van der Waals surface area contributed by atoms with E-state index in [1.54, 1.807) is 6.20 Å². The van der Waals surface area contributed by atoms with Crippen molar-refractivity contribution in [2.75, 3.05) is 0 Å². The van der Waals surface area contributed by atoms with Crippen molar-refractivity contribution in [3.63, 3.8) is 0 Å². The fourth-order valence-electron chi connectivity index (χ4n) is 3.28. The second kappa shape index (κ2) is 7.62. The number of ether oxygens (including phenoxy) is 1. The summed E-state index contributed by atoms with van der Waals surface area (Å²) in [5.41, 5.74) is 5.40. The molecule has 136 valence electrons. The summed E-state index contributed by atoms with van der Waals surface area (Å²) < 4.78 is 6.05. The number of rotatable bonds is 6. The van der Waals surface area contributed by atoms with Gasteiger partial charge >= 0.3 is 0 Å². The van der Waals surface area contributed by atoms with E-state index in [2.05, 4.69) is 53.3 Å². The molecule has 0 bridgehead atoms. The highest BCUT2D eigenvalue weighted by Gasteiger charge is 2.10. The van der Waals surface area contributed by atoms with Crippen molar-refractivity contribution >= 4 is 10.9 Å². The zero-order chi connectivity index (χ0) is 18.6. The fraction of sp³-hybridized carbons (Fsp3) is 0.217. The highest BCUT2D eigenvalue weighted by molar-refractivity contribution is 5.78. The molecule has 0 aliphatic rings. The van der Waals surface area contributed by atoms with Crippen LogP contribution in [0.1, 0.15) is 25.1 Å². The monoisotopic (exact) mass is 357 g/mol. The fourth-order valence-corrected chi connectivity index (χ4v) is 3.28. The molecule has 0 saturated heterocycles. The van der Waals surface area contributed by atoms with Gasteiger partial charge in [0.25, 0.3) is 0 Å². The summed E-state index contributed by atoms with van der Waals surface area (Å²) in [4.78, 5) is 4.68. The van der Waals surface area contributed by atoms with E-state index in [-0.39, 0.29) is 0 Å². The van der Waals surface area contributed by atoms with E-state index in [1.165, 1.54) is 11.1 Å². The van der Waals surface area contributed by atoms with Crippen molar-refractivity contribution in [3.05, 3.63) is 78.1 Å². The molecular weight excluding hydrogens is 334 g/mol. The number of pyridine rings is 1. The highest BCUT2D eigenvalue weighted by atomic mass is 16.5. The van der Waals surface area contributed by atoms with Crippen LogP contribution in [-0.2, 0) is 13.0 Å². The Morgan fingerprint density at radius 1 is 1.00 bits per heavy atom. The van der Waals surface area contributed by atoms with Crippen LogP contribution in [0, 0.1) is 5.92 Å². The quantitative estimate of drug-likeness (QED) is 0.502. The maximum absolute atomic E-state index is 6.05. The number of hydrogen-bond acceptors (Lipinski definition) is 3. The van der Waals surface area contributed by atoms with Crippen molar-refractivity contribution in [3.8, 4) is 17.0 Å². The lowest BCUT2D eigenvalue weighted by Gasteiger charge is -2.14. The molecule has 0 fully saturated rings. The second-order valence-corrected chi connectivity index (χ2v) is 7.17. The lowest BCUT2D eigenvalue weighted by atomic mass is 9.96. The van der Waals surface area contributed by atoms with Crippen LogP contribution in [0.4, 0.5) is 0 Å². The molecule has 0 atom stereocenters. The molecule has 0 saturated carbocycles. The number of aromatic nitrogens is 3. The summed E-state index contributed by atoms with van der Waals surface area (Å²) in [7, 11) is 0. The van der Waals surface area contributed by atoms with Gasteiger partial charge in [0.05, 0.1) is 16.9 Å². The summed E-state index contributed by atoms with van der Waals surface area (Å²) in [5, 5.41) is 8.28. The van der Waals surface area contributed by atoms with Gasteiger partial charge in [-0.25, -0.2) is 4.98 Å². The molecule has 0 aliphatic heterocycles. The third-order valence-corrected chi connectivity index (χ3v) is 4.54. The predicted molar refractivity (Wildman–Crippen MR) is 109 cm³/mol. The Bertz CT molecular complexity index is 1040. The van der Waals surface area contributed by atoms with Crippen LogP contribution in [0.5, 0.6) is 5.75 Å². The van der Waals surface area contributed by atoms with Gasteiger partial charge in [-0.15, -0.1) is 0 Å². The summed E-state index contributed by atoms with van der Waals surface area (Å²) in [5.74, 6) is 1.42. The van der Waals surface area contributed by atoms with Crippen molar-refractivity contribution in [1.29, 1.82) is 0 Å². The number of benzene rings is 2. The first kappa shape index (κ1) is 17.3. The number of aromatic amines is 1. The Kier molecular flexibility index (Phi) is 4.88. The maximum Gasteiger partial charge on any atom is 0.130 e. The van der Waals surface area contributed by atoms with E-state index in [1.807, 2.05) is 36.4 Å². The molecule has 0 radical (unpaired) electrons. The normalized spacial score (nSPS) is 11.2. The van der Waals surface area contributed by atoms with E-state index >= 15 is 0 Å². The number of hydrogen-bond donors (Lipinski definition) is 1. The minimum atomic E-state index is 0.454. The molecule has 4 aromatic rings. The molecule has 27 heavy (non-hydrogen) atoms. The molecular formula is C23H23N3O. The number of para-hydroxylation sites is 1. The van der Waals surface area contributed by atoms with Crippen molar-refractivity contribution in [1.82, 2.24) is 15.2 Å². The third kappa shape index (κ3) is 4.00. The number of H-pyrrole nitrogens is 1. The molecule has 2 aromatic carbocycles. The van der Waals surface area contributed by atoms with Crippen LogP contribution in [0.25, 0.3) is 22.2 Å². The number of nitrogens with zero attached hydrogens (tertiary/aromatic N) is 2. The average molecular weight is 357 g/mol. The van der Waals surface area contributed by atoms with E-state index in [0.717, 1.165) is 34.5 Å². The van der Waals surface area contributed by atoms with Crippen LogP contribution in [0.3, 0.4) is 0 Å². The van der Waals surface area contributed by atoms with Crippen molar-refractivity contribution < 1.29 is 4.74 Å². The zero-order valence-electron chi connectivity index (χ0n) is 15.6. The van der Waals surface area contributed by atoms with Gasteiger partial charge in [-0.05, 0) is 54.3 Å². The molecule has 4 heteroatoms. The summed E-state index contributed by atoms with van der Waals surface area (Å²) in [6.45, 7) is 4.90. The first-order chi connectivity index (χ1) is 13.2. The standard InChI is InChI=1S/C23H23N3O/c1-16(2)13-18-14-20(9-10-21(18)23-11-12-24-26-23)27-15-19-8-7-17-5-3-4-6-22(17)25-19/h3-12,14,16H,13,15H2,1-2H3,(H,24,26). The van der Waals surface area contributed by atoms with Gasteiger partial charge in [-0.3, -0.25) is 5.10 Å². The smallest absolute Gasteiger partial charge is 0.130 e. The van der Waals surface area contributed by atoms with Gasteiger partial charge in [0, 0.05) is 17.1 Å². The second-order valence-electron chi connectivity index (χ2n) is 7.17. The van der Waals surface area contributed by atoms with Gasteiger partial charge in [-0.1, -0.05) is 38.1 Å². The van der Waals surface area contributed by atoms with Crippen molar-refractivity contribution in [2.24, 2.45) is 5.92 Å². The molecule has 0 unspecified atom stereocenters. The molecule has 1 N–H and O–H groups in total. The first-order valence-electron chi connectivity index (χ1n) is 9.29. The van der Waals surface area contributed by atoms with Crippen LogP contribution in [0.15, 0.2) is 66.9 Å². The van der Waals surface area contributed by atoms with E-state index in [4.69, 9.17) is 4.74 Å². The summed E-state index contributed by atoms with van der Waals surface area (Å²) in [6, 6.07) is 20.5. The largest absolute Gasteiger partial charge is 0.487 e. The Balaban J connectivity index is 1.56. The predicted octanol–water partition coefficient (Wildman–Crippen LogP) is 5.40. The third-order valence-electron chi connectivity index (χ3n) is 4.54. The van der Waals surface area contributed by atoms with E-state index in [9.17, 15) is 0 Å². The van der Waals surface area contributed by atoms with Crippen LogP contribution >= 0.6 is 0 Å². The molecule has 0 aliphatic carbocycles. The SMILES string of the molecule is CC(C)Cc1cc(OCc2ccc3ccccc3n2)ccc1-c1ccn[nH]1. The minimum absolute atomic E-state index is 0.454. The number of nitrogens with one attached hydrogen (secondary N) is 1. The van der Waals surface area contributed by atoms with Crippen LogP contribution < -0.4 is 4.74 Å². The van der Waals surface area contributed by atoms with Crippen LogP contribution in [0.2, 0.25) is 0 Å². The zero-order valence-corrected chi connectivity index (χ0v) is 15.6. The highest BCUT2D eigenvalue weighted by Crippen LogP contribution is 2.28. The molecule has 2 aromatic heterocycles. The minimum Gasteiger partial charge on any atom is -0.487 e. The Hall–Kier alpha value is -3.14. The Morgan fingerprint density at radius 3 is 2.70 bits per heavy atom. The lowest BCUT2D eigenvalue weighted by Crippen LogP contribution is -2.01. The molecule has 2 heterocycles. The Labute approximate surface area is 159 Å². The van der Waals surface area contributed by atoms with Gasteiger partial charge in [-0.2, -0.15) is 5.10 Å². The summed E-state index contributed by atoms with van der Waals surface area (Å²) in [6.07, 6.45) is 2.77. The molecule has 4 nitrogen and oxygen atoms in total. The summed E-state index contributed by atoms with van der Waals surface area (Å²) >= 11 is 0. The van der Waals surface area contributed by atoms with Crippen molar-refractivity contribution in [2.45, 2.75) is 26.9 Å². The topological polar surface area (TPSA) is 50.8 Å². The molecule has 4 rings (SSSR count). The van der Waals surface area contributed by atoms with Gasteiger partial charge in [0.15, 0.2) is 0 Å². The van der Waals surface area contributed by atoms with Gasteiger partial charge < -0.3 is 4.74 Å².